The van der Waals surface area contributed by atoms with E-state index in [1.54, 1.807) is 6.07 Å². The lowest BCUT2D eigenvalue weighted by atomic mass is 9.98. The molecule has 1 atom stereocenters. The third-order valence-corrected chi connectivity index (χ3v) is 9.07. The van der Waals surface area contributed by atoms with Crippen molar-refractivity contribution in [3.05, 3.63) is 105 Å². The summed E-state index contributed by atoms with van der Waals surface area (Å²) in [7, 11) is 0. The molecule has 1 fully saturated rings. The molecule has 1 aliphatic heterocycles. The van der Waals surface area contributed by atoms with Crippen molar-refractivity contribution >= 4 is 51.2 Å². The minimum Gasteiger partial charge on any atom is -0.373 e. The first-order chi connectivity index (χ1) is 22.5. The second-order valence-electron chi connectivity index (χ2n) is 12.6. The Labute approximate surface area is 282 Å². The summed E-state index contributed by atoms with van der Waals surface area (Å²) >= 11 is 12.3. The van der Waals surface area contributed by atoms with Crippen molar-refractivity contribution in [1.29, 1.82) is 10.5 Å². The summed E-state index contributed by atoms with van der Waals surface area (Å²) in [5.41, 5.74) is 4.15. The van der Waals surface area contributed by atoms with Gasteiger partial charge in [0.05, 0.1) is 45.6 Å². The summed E-state index contributed by atoms with van der Waals surface area (Å²) in [5.74, 6) is -0.559. The van der Waals surface area contributed by atoms with Crippen LogP contribution in [0.1, 0.15) is 68.1 Å². The number of hydrogen-bond acceptors (Lipinski definition) is 8. The normalized spacial score (nSPS) is 14.8. The Morgan fingerprint density at radius 3 is 2.34 bits per heavy atom. The first-order valence-electron chi connectivity index (χ1n) is 15.2. The zero-order valence-corrected chi connectivity index (χ0v) is 27.6. The van der Waals surface area contributed by atoms with Gasteiger partial charge in [0.1, 0.15) is 23.6 Å². The van der Waals surface area contributed by atoms with Gasteiger partial charge in [0.25, 0.3) is 0 Å². The predicted molar refractivity (Wildman–Crippen MR) is 182 cm³/mol. The Morgan fingerprint density at radius 1 is 0.957 bits per heavy atom. The highest BCUT2D eigenvalue weighted by Crippen LogP contribution is 2.36. The lowest BCUT2D eigenvalue weighted by Crippen LogP contribution is -2.46. The molecule has 6 rings (SSSR count). The molecule has 0 aliphatic carbocycles. The van der Waals surface area contributed by atoms with Crippen LogP contribution in [-0.4, -0.2) is 43.5 Å². The number of pyridine rings is 1. The number of rotatable bonds is 7. The van der Waals surface area contributed by atoms with Gasteiger partial charge in [-0.15, -0.1) is 5.10 Å². The fourth-order valence-corrected chi connectivity index (χ4v) is 6.27. The molecule has 3 aromatic carbocycles. The molecule has 0 radical (unpaired) electrons. The van der Waals surface area contributed by atoms with Crippen molar-refractivity contribution in [3.8, 4) is 12.1 Å². The topological polar surface area (TPSA) is 118 Å². The third-order valence-electron chi connectivity index (χ3n) is 8.53. The van der Waals surface area contributed by atoms with Crippen LogP contribution in [-0.2, 0) is 0 Å². The summed E-state index contributed by atoms with van der Waals surface area (Å²) in [6.45, 7) is 8.68. The summed E-state index contributed by atoms with van der Waals surface area (Å²) in [6.07, 6.45) is 5.33. The lowest BCUT2D eigenvalue weighted by molar-refractivity contribution is 0.0866. The molecule has 9 nitrogen and oxygen atoms in total. The Morgan fingerprint density at radius 2 is 1.68 bits per heavy atom. The molecule has 0 spiro atoms. The number of nitrogens with one attached hydrogen (secondary N) is 2. The summed E-state index contributed by atoms with van der Waals surface area (Å²) < 4.78 is 15.8. The van der Waals surface area contributed by atoms with E-state index in [0.717, 1.165) is 31.5 Å². The maximum Gasteiger partial charge on any atom is 0.141 e. The van der Waals surface area contributed by atoms with Gasteiger partial charge in [-0.05, 0) is 81.6 Å². The molecule has 47 heavy (non-hydrogen) atoms. The van der Waals surface area contributed by atoms with Crippen molar-refractivity contribution in [2.75, 3.05) is 23.7 Å². The maximum absolute atomic E-state index is 13.9. The second kappa shape index (κ2) is 13.2. The van der Waals surface area contributed by atoms with Gasteiger partial charge >= 0.3 is 0 Å². The van der Waals surface area contributed by atoms with Crippen LogP contribution in [0.15, 0.2) is 67.0 Å². The molecule has 3 heterocycles. The van der Waals surface area contributed by atoms with Crippen LogP contribution < -0.4 is 10.6 Å². The van der Waals surface area contributed by atoms with Crippen molar-refractivity contribution in [3.63, 3.8) is 0 Å². The van der Waals surface area contributed by atoms with Crippen LogP contribution in [0.5, 0.6) is 0 Å². The zero-order valence-electron chi connectivity index (χ0n) is 26.1. The van der Waals surface area contributed by atoms with Gasteiger partial charge < -0.3 is 10.6 Å². The van der Waals surface area contributed by atoms with E-state index in [4.69, 9.17) is 23.2 Å². The number of fused-ring (bicyclic) bond motifs is 1. The first-order valence-corrected chi connectivity index (χ1v) is 16.0. The summed E-state index contributed by atoms with van der Waals surface area (Å²) in [5, 5.41) is 37.1. The van der Waals surface area contributed by atoms with E-state index in [0.29, 0.717) is 44.2 Å². The molecule has 0 saturated carbocycles. The summed E-state index contributed by atoms with van der Waals surface area (Å²) in [4.78, 5) is 6.93. The molecule has 1 unspecified atom stereocenters. The molecule has 0 amide bonds. The fourth-order valence-electron chi connectivity index (χ4n) is 5.96. The number of halogens is 3. The standard InChI is InChI=1S/C35H32Cl2FN9/c1-35(2,3)46-12-10-27(11-13-46)47-20-31(44-45-47)34(21-4-6-24(36)7-5-21)43-26-14-22(17-39)32-28(15-26)33(23(18-40)19-41-32)42-25-8-9-30(38)29(37)16-25/h4-9,14-16,19-20,27,34,43H,10-13H2,1-3H3,(H,41,42). The molecular formula is C35H32Cl2FN9. The molecule has 12 heteroatoms. The number of benzene rings is 3. The summed E-state index contributed by atoms with van der Waals surface area (Å²) in [6, 6.07) is 19.4. The van der Waals surface area contributed by atoms with Gasteiger partial charge in [-0.2, -0.15) is 10.5 Å². The average Bonchev–Trinajstić information content (AvgIpc) is 3.55. The van der Waals surface area contributed by atoms with Crippen molar-refractivity contribution in [1.82, 2.24) is 24.9 Å². The van der Waals surface area contributed by atoms with Crippen LogP contribution >= 0.6 is 23.2 Å². The number of nitriles is 2. The van der Waals surface area contributed by atoms with Crippen molar-refractivity contribution in [2.24, 2.45) is 0 Å². The molecule has 5 aromatic rings. The van der Waals surface area contributed by atoms with Crippen molar-refractivity contribution in [2.45, 2.75) is 51.2 Å². The maximum atomic E-state index is 13.9. The van der Waals surface area contributed by atoms with E-state index in [1.165, 1.54) is 24.4 Å². The molecular weight excluding hydrogens is 636 g/mol. The van der Waals surface area contributed by atoms with Crippen molar-refractivity contribution < 1.29 is 4.39 Å². The largest absolute Gasteiger partial charge is 0.373 e. The monoisotopic (exact) mass is 667 g/mol. The minimum atomic E-state index is -0.559. The molecule has 1 aliphatic rings. The van der Waals surface area contributed by atoms with E-state index >= 15 is 0 Å². The number of anilines is 3. The number of likely N-dealkylation sites (tertiary alicyclic amines) is 1. The van der Waals surface area contributed by atoms with E-state index in [9.17, 15) is 14.9 Å². The van der Waals surface area contributed by atoms with E-state index in [1.807, 2.05) is 41.2 Å². The van der Waals surface area contributed by atoms with Crippen LogP contribution in [0, 0.1) is 28.5 Å². The highest BCUT2D eigenvalue weighted by atomic mass is 35.5. The van der Waals surface area contributed by atoms with E-state index in [-0.39, 0.29) is 22.2 Å². The van der Waals surface area contributed by atoms with Gasteiger partial charge in [0.2, 0.25) is 0 Å². The van der Waals surface area contributed by atoms with Crippen LogP contribution in [0.3, 0.4) is 0 Å². The SMILES string of the molecule is CC(C)(C)N1CCC(n2cc(C(Nc3cc(C#N)c4ncc(C#N)c(Nc5ccc(F)c(Cl)c5)c4c3)c3ccc(Cl)cc3)nn2)CC1. The average molecular weight is 669 g/mol. The van der Waals surface area contributed by atoms with Crippen LogP contribution in [0.25, 0.3) is 10.9 Å². The highest BCUT2D eigenvalue weighted by Gasteiger charge is 2.29. The Bertz CT molecular complexity index is 2010. The smallest absolute Gasteiger partial charge is 0.141 e. The van der Waals surface area contributed by atoms with E-state index in [2.05, 4.69) is 63.7 Å². The Kier molecular flexibility index (Phi) is 9.03. The second-order valence-corrected chi connectivity index (χ2v) is 13.4. The molecule has 1 saturated heterocycles. The third kappa shape index (κ3) is 6.86. The van der Waals surface area contributed by atoms with Crippen LogP contribution in [0.2, 0.25) is 10.0 Å². The van der Waals surface area contributed by atoms with Gasteiger partial charge in [0.15, 0.2) is 0 Å². The number of nitrogens with zero attached hydrogens (tertiary/aromatic N) is 7. The highest BCUT2D eigenvalue weighted by molar-refractivity contribution is 6.31. The zero-order chi connectivity index (χ0) is 33.3. The van der Waals surface area contributed by atoms with Gasteiger partial charge in [-0.25, -0.2) is 9.07 Å². The van der Waals surface area contributed by atoms with Gasteiger partial charge in [0, 0.05) is 46.6 Å². The number of hydrogen-bond donors (Lipinski definition) is 2. The first kappa shape index (κ1) is 32.2. The van der Waals surface area contributed by atoms with Gasteiger partial charge in [-0.1, -0.05) is 40.5 Å². The molecule has 2 N–H and O–H groups in total. The van der Waals surface area contributed by atoms with Gasteiger partial charge in [-0.3, -0.25) is 9.88 Å². The number of aromatic nitrogens is 4. The minimum absolute atomic E-state index is 0.0643. The molecule has 2 aromatic heterocycles. The molecule has 238 valence electrons. The van der Waals surface area contributed by atoms with E-state index < -0.39 is 11.9 Å². The predicted octanol–water partition coefficient (Wildman–Crippen LogP) is 8.40. The quantitative estimate of drug-likeness (QED) is 0.178. The van der Waals surface area contributed by atoms with Crippen LogP contribution in [0.4, 0.5) is 21.5 Å². The molecule has 0 bridgehead atoms. The fraction of sp³-hybridized carbons (Fsp3) is 0.286. The Hall–Kier alpha value is -4.74. The lowest BCUT2D eigenvalue weighted by Gasteiger charge is -2.40. The number of piperidine rings is 1. The Balaban J connectivity index is 1.38.